The summed E-state index contributed by atoms with van der Waals surface area (Å²) in [6, 6.07) is 9.41. The van der Waals surface area contributed by atoms with Crippen molar-refractivity contribution >= 4 is 22.8 Å². The first-order valence-corrected chi connectivity index (χ1v) is 9.03. The minimum Gasteiger partial charge on any atom is -0.356 e. The quantitative estimate of drug-likeness (QED) is 0.628. The summed E-state index contributed by atoms with van der Waals surface area (Å²) >= 11 is 0. The highest BCUT2D eigenvalue weighted by Crippen LogP contribution is 2.25. The first-order valence-electron chi connectivity index (χ1n) is 9.03. The summed E-state index contributed by atoms with van der Waals surface area (Å²) in [4.78, 5) is 31.6. The molecule has 6 nitrogen and oxygen atoms in total. The van der Waals surface area contributed by atoms with Crippen LogP contribution >= 0.6 is 0 Å². The van der Waals surface area contributed by atoms with Crippen LogP contribution in [0, 0.1) is 5.92 Å². The van der Waals surface area contributed by atoms with Gasteiger partial charge in [-0.1, -0.05) is 26.0 Å². The first-order chi connectivity index (χ1) is 13.0. The second-order valence-corrected chi connectivity index (χ2v) is 6.97. The highest BCUT2D eigenvalue weighted by atomic mass is 16.2. The zero-order valence-electron chi connectivity index (χ0n) is 15.8. The molecule has 0 unspecified atom stereocenters. The lowest BCUT2D eigenvalue weighted by atomic mass is 10.0. The number of aromatic amines is 1. The van der Waals surface area contributed by atoms with Gasteiger partial charge in [-0.25, -0.2) is 4.98 Å². The number of fused-ring (bicyclic) bond motifs is 1. The number of rotatable bonds is 6. The van der Waals surface area contributed by atoms with Gasteiger partial charge in [-0.15, -0.1) is 0 Å². The van der Waals surface area contributed by atoms with E-state index in [1.165, 1.54) is 0 Å². The van der Waals surface area contributed by atoms with E-state index >= 15 is 0 Å². The lowest BCUT2D eigenvalue weighted by Crippen LogP contribution is -2.28. The predicted molar refractivity (Wildman–Crippen MR) is 106 cm³/mol. The summed E-state index contributed by atoms with van der Waals surface area (Å²) in [6.07, 6.45) is 3.90. The van der Waals surface area contributed by atoms with Crippen LogP contribution in [0.15, 0.2) is 42.7 Å². The Kier molecular flexibility index (Phi) is 5.54. The van der Waals surface area contributed by atoms with Gasteiger partial charge in [0.15, 0.2) is 0 Å². The average Bonchev–Trinajstić information content (AvgIpc) is 3.07. The highest BCUT2D eigenvalue weighted by molar-refractivity contribution is 5.95. The number of hydrogen-bond acceptors (Lipinski definition) is 3. The molecular formula is C21H24N4O2. The number of H-pyrrole nitrogens is 1. The van der Waals surface area contributed by atoms with Crippen LogP contribution in [0.3, 0.4) is 0 Å². The van der Waals surface area contributed by atoms with Crippen LogP contribution in [0.2, 0.25) is 0 Å². The van der Waals surface area contributed by atoms with Gasteiger partial charge < -0.3 is 15.6 Å². The van der Waals surface area contributed by atoms with Gasteiger partial charge in [-0.3, -0.25) is 9.59 Å². The molecule has 0 fully saturated rings. The molecule has 6 heteroatoms. The van der Waals surface area contributed by atoms with Gasteiger partial charge in [0, 0.05) is 42.5 Å². The van der Waals surface area contributed by atoms with Gasteiger partial charge in [0.1, 0.15) is 5.65 Å². The van der Waals surface area contributed by atoms with Crippen LogP contribution in [0.25, 0.3) is 22.2 Å². The van der Waals surface area contributed by atoms with Crippen molar-refractivity contribution in [2.75, 3.05) is 13.6 Å². The van der Waals surface area contributed by atoms with Crippen LogP contribution in [0.4, 0.5) is 0 Å². The third kappa shape index (κ3) is 4.34. The van der Waals surface area contributed by atoms with E-state index in [2.05, 4.69) is 34.4 Å². The Morgan fingerprint density at radius 1 is 1.19 bits per heavy atom. The molecule has 0 aliphatic rings. The average molecular weight is 364 g/mol. The molecule has 140 valence electrons. The van der Waals surface area contributed by atoms with Gasteiger partial charge in [0.05, 0.1) is 6.42 Å². The molecule has 27 heavy (non-hydrogen) atoms. The molecule has 0 bridgehead atoms. The fraction of sp³-hybridized carbons (Fsp3) is 0.286. The van der Waals surface area contributed by atoms with E-state index in [-0.39, 0.29) is 11.8 Å². The summed E-state index contributed by atoms with van der Waals surface area (Å²) in [6.45, 7) is 4.79. The topological polar surface area (TPSA) is 86.9 Å². The minimum absolute atomic E-state index is 0.00313. The fourth-order valence-electron chi connectivity index (χ4n) is 2.90. The third-order valence-electron chi connectivity index (χ3n) is 4.36. The number of carbonyl (C=O) groups excluding carboxylic acids is 2. The lowest BCUT2D eigenvalue weighted by molar-refractivity contribution is -0.120. The van der Waals surface area contributed by atoms with Gasteiger partial charge in [0.2, 0.25) is 5.91 Å². The Labute approximate surface area is 158 Å². The van der Waals surface area contributed by atoms with E-state index in [4.69, 9.17) is 0 Å². The molecule has 3 N–H and O–H groups in total. The molecule has 0 atom stereocenters. The molecule has 0 saturated carbocycles. The molecule has 3 aromatic rings. The summed E-state index contributed by atoms with van der Waals surface area (Å²) in [5.41, 5.74) is 4.05. The number of aromatic nitrogens is 2. The maximum atomic E-state index is 12.2. The standard InChI is InChI=1S/C21H24N4O2/c1-13(2)10-23-19(26)9-17-12-25-20-18(17)8-16(11-24-20)14-5-4-6-15(7-14)21(27)22-3/h4-8,11-13H,9-10H2,1-3H3,(H,22,27)(H,23,26)(H,24,25). The molecule has 0 saturated heterocycles. The summed E-state index contributed by atoms with van der Waals surface area (Å²) in [5.74, 6) is 0.282. The van der Waals surface area contributed by atoms with Gasteiger partial charge in [-0.05, 0) is 35.2 Å². The van der Waals surface area contributed by atoms with Crippen molar-refractivity contribution in [3.63, 3.8) is 0 Å². The number of hydrogen-bond donors (Lipinski definition) is 3. The van der Waals surface area contributed by atoms with Crippen molar-refractivity contribution in [2.24, 2.45) is 5.92 Å². The van der Waals surface area contributed by atoms with E-state index in [0.717, 1.165) is 27.7 Å². The monoisotopic (exact) mass is 364 g/mol. The minimum atomic E-state index is -0.130. The van der Waals surface area contributed by atoms with Crippen molar-refractivity contribution in [2.45, 2.75) is 20.3 Å². The summed E-state index contributed by atoms with van der Waals surface area (Å²) in [7, 11) is 1.61. The predicted octanol–water partition coefficient (Wildman–Crippen LogP) is 2.90. The van der Waals surface area contributed by atoms with Crippen molar-refractivity contribution < 1.29 is 9.59 Å². The number of nitrogens with zero attached hydrogens (tertiary/aromatic N) is 1. The van der Waals surface area contributed by atoms with E-state index in [1.54, 1.807) is 19.3 Å². The first kappa shape index (κ1) is 18.6. The zero-order chi connectivity index (χ0) is 19.4. The molecule has 0 spiro atoms. The zero-order valence-corrected chi connectivity index (χ0v) is 15.8. The van der Waals surface area contributed by atoms with E-state index in [0.29, 0.717) is 24.4 Å². The smallest absolute Gasteiger partial charge is 0.251 e. The van der Waals surface area contributed by atoms with Crippen molar-refractivity contribution in [1.29, 1.82) is 0 Å². The van der Waals surface area contributed by atoms with Crippen LogP contribution in [-0.2, 0) is 11.2 Å². The molecule has 0 aliphatic carbocycles. The highest BCUT2D eigenvalue weighted by Gasteiger charge is 2.12. The second kappa shape index (κ2) is 8.03. The van der Waals surface area contributed by atoms with Crippen LogP contribution < -0.4 is 10.6 Å². The van der Waals surface area contributed by atoms with Gasteiger partial charge in [-0.2, -0.15) is 0 Å². The Hall–Kier alpha value is -3.15. The number of carbonyl (C=O) groups is 2. The van der Waals surface area contributed by atoms with E-state index in [9.17, 15) is 9.59 Å². The van der Waals surface area contributed by atoms with E-state index in [1.807, 2.05) is 30.5 Å². The Balaban J connectivity index is 1.89. The molecule has 2 heterocycles. The molecule has 2 aromatic heterocycles. The number of pyridine rings is 1. The molecular weight excluding hydrogens is 340 g/mol. The third-order valence-corrected chi connectivity index (χ3v) is 4.36. The molecule has 3 rings (SSSR count). The normalized spacial score (nSPS) is 11.0. The fourth-order valence-corrected chi connectivity index (χ4v) is 2.90. The van der Waals surface area contributed by atoms with Crippen molar-refractivity contribution in [3.05, 3.63) is 53.9 Å². The largest absolute Gasteiger partial charge is 0.356 e. The van der Waals surface area contributed by atoms with Crippen LogP contribution in [-0.4, -0.2) is 35.4 Å². The SMILES string of the molecule is CNC(=O)c1cccc(-c2cnc3[nH]cc(CC(=O)NCC(C)C)c3c2)c1. The Morgan fingerprint density at radius 3 is 2.74 bits per heavy atom. The summed E-state index contributed by atoms with van der Waals surface area (Å²) in [5, 5.41) is 6.49. The molecule has 0 radical (unpaired) electrons. The van der Waals surface area contributed by atoms with Crippen LogP contribution in [0.5, 0.6) is 0 Å². The molecule has 2 amide bonds. The number of nitrogens with one attached hydrogen (secondary N) is 3. The maximum absolute atomic E-state index is 12.2. The maximum Gasteiger partial charge on any atom is 0.251 e. The van der Waals surface area contributed by atoms with Crippen molar-refractivity contribution in [1.82, 2.24) is 20.6 Å². The number of benzene rings is 1. The lowest BCUT2D eigenvalue weighted by Gasteiger charge is -2.08. The van der Waals surface area contributed by atoms with Crippen LogP contribution in [0.1, 0.15) is 29.8 Å². The number of amides is 2. The van der Waals surface area contributed by atoms with E-state index < -0.39 is 0 Å². The van der Waals surface area contributed by atoms with Crippen molar-refractivity contribution in [3.8, 4) is 11.1 Å². The summed E-state index contributed by atoms with van der Waals surface area (Å²) < 4.78 is 0. The Morgan fingerprint density at radius 2 is 2.00 bits per heavy atom. The second-order valence-electron chi connectivity index (χ2n) is 6.97. The molecule has 1 aromatic carbocycles. The van der Waals surface area contributed by atoms with Gasteiger partial charge >= 0.3 is 0 Å². The van der Waals surface area contributed by atoms with Gasteiger partial charge in [0.25, 0.3) is 5.91 Å². The molecule has 0 aliphatic heterocycles. The Bertz CT molecular complexity index is 975.